The zero-order valence-corrected chi connectivity index (χ0v) is 30.6. The summed E-state index contributed by atoms with van der Waals surface area (Å²) in [6, 6.07) is 14.0. The topological polar surface area (TPSA) is 66.0 Å². The van der Waals surface area contributed by atoms with Crippen LogP contribution in [0, 0.1) is 44.7 Å². The Morgan fingerprint density at radius 1 is 0.542 bits per heavy atom. The minimum atomic E-state index is 0.0384. The molecule has 6 aliphatic rings. The highest BCUT2D eigenvalue weighted by molar-refractivity contribution is 5.49. The Morgan fingerprint density at radius 2 is 0.917 bits per heavy atom. The maximum absolute atomic E-state index is 9.62. The van der Waals surface area contributed by atoms with E-state index >= 15 is 0 Å². The highest BCUT2D eigenvalue weighted by atomic mass is 16.5. The van der Waals surface area contributed by atoms with E-state index in [1.165, 1.54) is 119 Å². The van der Waals surface area contributed by atoms with Crippen LogP contribution in [-0.4, -0.2) is 0 Å². The predicted molar refractivity (Wildman–Crippen MR) is 192 cm³/mol. The third kappa shape index (κ3) is 5.36. The molecule has 4 bridgehead atoms. The Kier molecular flexibility index (Phi) is 8.25. The number of hydrogen-bond acceptors (Lipinski definition) is 4. The summed E-state index contributed by atoms with van der Waals surface area (Å²) in [5, 5.41) is 19.2. The molecule has 6 saturated carbocycles. The third-order valence-corrected chi connectivity index (χ3v) is 14.9. The van der Waals surface area contributed by atoms with Crippen LogP contribution in [0.1, 0.15) is 178 Å². The van der Waals surface area contributed by atoms with Crippen molar-refractivity contribution in [2.75, 3.05) is 0 Å². The second kappa shape index (κ2) is 11.8. The minimum Gasteiger partial charge on any atom is -0.388 e. The summed E-state index contributed by atoms with van der Waals surface area (Å²) in [4.78, 5) is 0. The van der Waals surface area contributed by atoms with Gasteiger partial charge in [0.2, 0.25) is 0 Å². The molecule has 0 radical (unpaired) electrons. The predicted octanol–water partition coefficient (Wildman–Crippen LogP) is 12.1. The summed E-state index contributed by atoms with van der Waals surface area (Å²) < 4.78 is 11.3. The van der Waals surface area contributed by atoms with Crippen LogP contribution in [0.4, 0.5) is 0 Å². The first-order valence-corrected chi connectivity index (χ1v) is 19.2. The Morgan fingerprint density at radius 3 is 1.25 bits per heavy atom. The van der Waals surface area contributed by atoms with Gasteiger partial charge in [-0.1, -0.05) is 104 Å². The molecule has 0 aliphatic heterocycles. The van der Waals surface area contributed by atoms with E-state index in [0.29, 0.717) is 11.8 Å². The standard InChI is InChI=1S/C44H58N2O2/c1-39(2,3)43-24-41(33-17-19-37(47-29-45)35(21-33)31-13-9-7-10-14-31)23-42(25-43,27-44(26-41,28-43)40(4,5)6)34-18-20-38(48-30-46)36(22-34)32-15-11-8-12-16-32/h17-22,31-32H,7-16,23-28H2,1-6H3. The second-order valence-corrected chi connectivity index (χ2v) is 19.2. The van der Waals surface area contributed by atoms with Gasteiger partial charge in [0.15, 0.2) is 0 Å². The molecule has 0 atom stereocenters. The van der Waals surface area contributed by atoms with Gasteiger partial charge in [-0.15, -0.1) is 10.5 Å². The van der Waals surface area contributed by atoms with Gasteiger partial charge in [0.1, 0.15) is 11.5 Å². The van der Waals surface area contributed by atoms with Crippen molar-refractivity contribution in [3.63, 3.8) is 0 Å². The van der Waals surface area contributed by atoms with Crippen LogP contribution in [0.2, 0.25) is 0 Å². The van der Waals surface area contributed by atoms with Crippen LogP contribution in [0.25, 0.3) is 0 Å². The van der Waals surface area contributed by atoms with Gasteiger partial charge in [-0.05, 0) is 143 Å². The fourth-order valence-electron chi connectivity index (χ4n) is 12.3. The van der Waals surface area contributed by atoms with Crippen molar-refractivity contribution in [2.45, 2.75) is 167 Å². The maximum Gasteiger partial charge on any atom is 0.292 e. The Bertz CT molecular complexity index is 1480. The number of ether oxygens (including phenoxy) is 2. The number of hydrogen-bond donors (Lipinski definition) is 0. The Labute approximate surface area is 290 Å². The fourth-order valence-corrected chi connectivity index (χ4v) is 12.3. The van der Waals surface area contributed by atoms with Gasteiger partial charge in [-0.3, -0.25) is 0 Å². The van der Waals surface area contributed by atoms with E-state index in [0.717, 1.165) is 17.9 Å². The molecule has 0 unspecified atom stereocenters. The summed E-state index contributed by atoms with van der Waals surface area (Å²) in [6.07, 6.45) is 23.7. The van der Waals surface area contributed by atoms with E-state index in [-0.39, 0.29) is 32.5 Å². The largest absolute Gasteiger partial charge is 0.388 e. The summed E-state index contributed by atoms with van der Waals surface area (Å²) >= 11 is 0. The van der Waals surface area contributed by atoms with Crippen LogP contribution in [0.15, 0.2) is 36.4 Å². The number of rotatable bonds is 6. The first-order chi connectivity index (χ1) is 22.8. The molecule has 2 aromatic rings. The first kappa shape index (κ1) is 33.5. The normalized spacial score (nSPS) is 32.4. The van der Waals surface area contributed by atoms with E-state index in [9.17, 15) is 10.5 Å². The van der Waals surface area contributed by atoms with E-state index in [1.807, 2.05) is 12.5 Å². The van der Waals surface area contributed by atoms with Gasteiger partial charge in [-0.2, -0.15) is 0 Å². The molecule has 0 heterocycles. The van der Waals surface area contributed by atoms with E-state index in [1.54, 1.807) is 0 Å². The van der Waals surface area contributed by atoms with Gasteiger partial charge >= 0.3 is 0 Å². The molecular formula is C44H58N2O2. The highest BCUT2D eigenvalue weighted by Gasteiger charge is 2.72. The number of nitriles is 2. The van der Waals surface area contributed by atoms with Crippen LogP contribution in [0.5, 0.6) is 11.5 Å². The van der Waals surface area contributed by atoms with Crippen LogP contribution in [-0.2, 0) is 10.8 Å². The quantitative estimate of drug-likeness (QED) is 0.293. The minimum absolute atomic E-state index is 0.0384. The first-order valence-electron chi connectivity index (χ1n) is 19.2. The van der Waals surface area contributed by atoms with E-state index in [2.05, 4.69) is 77.9 Å². The smallest absolute Gasteiger partial charge is 0.292 e. The molecule has 6 aliphatic carbocycles. The summed E-state index contributed by atoms with van der Waals surface area (Å²) in [5.41, 5.74) is 6.25. The van der Waals surface area contributed by atoms with Crippen molar-refractivity contribution >= 4 is 0 Å². The zero-order chi connectivity index (χ0) is 34.0. The maximum atomic E-state index is 9.62. The summed E-state index contributed by atoms with van der Waals surface area (Å²) in [7, 11) is 0. The fraction of sp³-hybridized carbons (Fsp3) is 0.682. The lowest BCUT2D eigenvalue weighted by molar-refractivity contribution is -0.214. The lowest BCUT2D eigenvalue weighted by Crippen LogP contribution is -2.69. The van der Waals surface area contributed by atoms with Crippen molar-refractivity contribution in [3.8, 4) is 24.0 Å². The monoisotopic (exact) mass is 646 g/mol. The van der Waals surface area contributed by atoms with Gasteiger partial charge in [0.05, 0.1) is 0 Å². The molecule has 48 heavy (non-hydrogen) atoms. The molecule has 256 valence electrons. The third-order valence-electron chi connectivity index (χ3n) is 14.9. The van der Waals surface area contributed by atoms with Crippen molar-refractivity contribution in [2.24, 2.45) is 21.7 Å². The molecule has 0 spiro atoms. The van der Waals surface area contributed by atoms with Crippen molar-refractivity contribution in [1.29, 1.82) is 10.5 Å². The average molecular weight is 647 g/mol. The Balaban J connectivity index is 1.43. The molecular weight excluding hydrogens is 588 g/mol. The lowest BCUT2D eigenvalue weighted by Gasteiger charge is -2.76. The van der Waals surface area contributed by atoms with Crippen LogP contribution >= 0.6 is 0 Å². The summed E-state index contributed by atoms with van der Waals surface area (Å²) in [5.74, 6) is 2.47. The molecule has 4 nitrogen and oxygen atoms in total. The average Bonchev–Trinajstić information content (AvgIpc) is 3.04. The van der Waals surface area contributed by atoms with Gasteiger partial charge in [0.25, 0.3) is 12.5 Å². The molecule has 6 fully saturated rings. The van der Waals surface area contributed by atoms with Gasteiger partial charge < -0.3 is 9.47 Å². The number of benzene rings is 2. The molecule has 4 heteroatoms. The molecule has 0 N–H and O–H groups in total. The number of nitrogens with zero attached hydrogens (tertiary/aromatic N) is 2. The Hall–Kier alpha value is -2.98. The second-order valence-electron chi connectivity index (χ2n) is 19.2. The van der Waals surface area contributed by atoms with Gasteiger partial charge in [0, 0.05) is 0 Å². The zero-order valence-electron chi connectivity index (χ0n) is 30.6. The van der Waals surface area contributed by atoms with E-state index < -0.39 is 0 Å². The van der Waals surface area contributed by atoms with Crippen molar-refractivity contribution in [3.05, 3.63) is 58.7 Å². The molecule has 0 saturated heterocycles. The SMILES string of the molecule is CC(C)(C)C12CC3(c4ccc(OC#N)c(C5CCCCC5)c4)CC(c4ccc(OC#N)c(C5CCCCC5)c4)(C1)CC(C(C)(C)C)(C3)C2. The molecule has 0 aromatic heterocycles. The van der Waals surface area contributed by atoms with Crippen molar-refractivity contribution < 1.29 is 9.47 Å². The van der Waals surface area contributed by atoms with Crippen molar-refractivity contribution in [1.82, 2.24) is 0 Å². The van der Waals surface area contributed by atoms with E-state index in [4.69, 9.17) is 9.47 Å². The van der Waals surface area contributed by atoms with Gasteiger partial charge in [-0.25, -0.2) is 0 Å². The summed E-state index contributed by atoms with van der Waals surface area (Å²) in [6.45, 7) is 15.1. The van der Waals surface area contributed by atoms with Crippen LogP contribution in [0.3, 0.4) is 0 Å². The molecule has 2 aromatic carbocycles. The molecule has 0 amide bonds. The lowest BCUT2D eigenvalue weighted by atomic mass is 9.28. The van der Waals surface area contributed by atoms with Crippen LogP contribution < -0.4 is 9.47 Å². The highest BCUT2D eigenvalue weighted by Crippen LogP contribution is 2.80. The molecule has 8 rings (SSSR count).